The van der Waals surface area contributed by atoms with Crippen molar-refractivity contribution >= 4 is 29.9 Å². The molecule has 1 aliphatic heterocycles. The molecule has 2 atom stereocenters. The van der Waals surface area contributed by atoms with Crippen LogP contribution in [0.3, 0.4) is 0 Å². The van der Waals surface area contributed by atoms with Crippen LogP contribution in [0.4, 0.5) is 0 Å². The highest BCUT2D eigenvalue weighted by atomic mass is 127. The van der Waals surface area contributed by atoms with E-state index in [1.54, 1.807) is 14.2 Å². The molecule has 6 heteroatoms. The van der Waals surface area contributed by atoms with Crippen LogP contribution in [0.25, 0.3) is 0 Å². The number of guanidine groups is 1. The summed E-state index contributed by atoms with van der Waals surface area (Å²) in [6, 6.07) is 0. The molecule has 0 aromatic carbocycles. The van der Waals surface area contributed by atoms with Crippen LogP contribution < -0.4 is 10.6 Å². The standard InChI is InChI=1S/C16H34N4O.HI/c1-13-9-14(2)11-20(10-13)8-7-18-15(17-5)19-12-16(3,4)21-6;/h13-14H,7-12H2,1-6H3,(H2,17,18,19);1H. The first-order chi connectivity index (χ1) is 9.86. The van der Waals surface area contributed by atoms with Crippen LogP contribution in [-0.4, -0.2) is 63.3 Å². The largest absolute Gasteiger partial charge is 0.377 e. The highest BCUT2D eigenvalue weighted by molar-refractivity contribution is 14.0. The van der Waals surface area contributed by atoms with Gasteiger partial charge < -0.3 is 20.3 Å². The maximum Gasteiger partial charge on any atom is 0.191 e. The Hall–Kier alpha value is -0.0800. The number of piperidine rings is 1. The van der Waals surface area contributed by atoms with Gasteiger partial charge in [0.25, 0.3) is 0 Å². The van der Waals surface area contributed by atoms with Crippen molar-refractivity contribution in [1.82, 2.24) is 15.5 Å². The van der Waals surface area contributed by atoms with Crippen LogP contribution >= 0.6 is 24.0 Å². The first kappa shape index (κ1) is 21.9. The molecule has 0 aromatic heterocycles. The molecule has 2 unspecified atom stereocenters. The monoisotopic (exact) mass is 426 g/mol. The first-order valence-electron chi connectivity index (χ1n) is 8.08. The number of nitrogens with zero attached hydrogens (tertiary/aromatic N) is 2. The Kier molecular flexibility index (Phi) is 10.6. The predicted octanol–water partition coefficient (Wildman–Crippen LogP) is 2.17. The summed E-state index contributed by atoms with van der Waals surface area (Å²) in [5, 5.41) is 6.70. The average Bonchev–Trinajstić information content (AvgIpc) is 2.41. The lowest BCUT2D eigenvalue weighted by molar-refractivity contribution is 0.0268. The van der Waals surface area contributed by atoms with Crippen LogP contribution in [0.15, 0.2) is 4.99 Å². The molecule has 132 valence electrons. The molecule has 0 aliphatic carbocycles. The van der Waals surface area contributed by atoms with Crippen molar-refractivity contribution in [1.29, 1.82) is 0 Å². The maximum atomic E-state index is 5.40. The third-order valence-electron chi connectivity index (χ3n) is 4.12. The summed E-state index contributed by atoms with van der Waals surface area (Å²) in [7, 11) is 3.54. The Labute approximate surface area is 153 Å². The molecule has 22 heavy (non-hydrogen) atoms. The van der Waals surface area contributed by atoms with E-state index < -0.39 is 0 Å². The number of nitrogens with one attached hydrogen (secondary N) is 2. The van der Waals surface area contributed by atoms with Gasteiger partial charge in [0.2, 0.25) is 0 Å². The fraction of sp³-hybridized carbons (Fsp3) is 0.938. The Bertz CT molecular complexity index is 326. The second kappa shape index (κ2) is 10.6. The fourth-order valence-corrected chi connectivity index (χ4v) is 2.90. The van der Waals surface area contributed by atoms with Gasteiger partial charge in [0.05, 0.1) is 5.60 Å². The van der Waals surface area contributed by atoms with E-state index in [1.807, 2.05) is 0 Å². The molecule has 2 N–H and O–H groups in total. The number of hydrogen-bond acceptors (Lipinski definition) is 3. The molecule has 1 heterocycles. The van der Waals surface area contributed by atoms with Crippen molar-refractivity contribution in [2.24, 2.45) is 16.8 Å². The zero-order valence-electron chi connectivity index (χ0n) is 15.1. The average molecular weight is 426 g/mol. The van der Waals surface area contributed by atoms with E-state index in [2.05, 4.69) is 48.2 Å². The minimum atomic E-state index is -0.185. The molecule has 1 saturated heterocycles. The minimum absolute atomic E-state index is 0. The number of aliphatic imine (C=N–C) groups is 1. The molecule has 5 nitrogen and oxygen atoms in total. The lowest BCUT2D eigenvalue weighted by Gasteiger charge is -2.35. The van der Waals surface area contributed by atoms with Crippen LogP contribution in [0, 0.1) is 11.8 Å². The van der Waals surface area contributed by atoms with Crippen molar-refractivity contribution in [3.8, 4) is 0 Å². The number of halogens is 1. The SMILES string of the molecule is CN=C(NCCN1CC(C)CC(C)C1)NCC(C)(C)OC.I. The summed E-state index contributed by atoms with van der Waals surface area (Å²) < 4.78 is 5.40. The molecular weight excluding hydrogens is 391 g/mol. The molecule has 0 saturated carbocycles. The molecular formula is C16H35IN4O. The maximum absolute atomic E-state index is 5.40. The molecule has 0 spiro atoms. The van der Waals surface area contributed by atoms with Gasteiger partial charge in [-0.1, -0.05) is 13.8 Å². The van der Waals surface area contributed by atoms with E-state index in [1.165, 1.54) is 19.5 Å². The molecule has 1 rings (SSSR count). The van der Waals surface area contributed by atoms with E-state index in [4.69, 9.17) is 4.74 Å². The lowest BCUT2D eigenvalue weighted by Crippen LogP contribution is -2.48. The third-order valence-corrected chi connectivity index (χ3v) is 4.12. The molecule has 1 aliphatic rings. The minimum Gasteiger partial charge on any atom is -0.377 e. The normalized spacial score (nSPS) is 23.8. The smallest absolute Gasteiger partial charge is 0.191 e. The van der Waals surface area contributed by atoms with Crippen LogP contribution in [0.1, 0.15) is 34.1 Å². The lowest BCUT2D eigenvalue weighted by atomic mass is 9.92. The van der Waals surface area contributed by atoms with E-state index in [9.17, 15) is 0 Å². The number of rotatable bonds is 6. The second-order valence-electron chi connectivity index (χ2n) is 7.02. The topological polar surface area (TPSA) is 48.9 Å². The Morgan fingerprint density at radius 3 is 2.32 bits per heavy atom. The molecule has 0 bridgehead atoms. The predicted molar refractivity (Wildman–Crippen MR) is 105 cm³/mol. The number of likely N-dealkylation sites (tertiary alicyclic amines) is 1. The van der Waals surface area contributed by atoms with Crippen molar-refractivity contribution < 1.29 is 4.74 Å². The molecule has 1 fully saturated rings. The highest BCUT2D eigenvalue weighted by Crippen LogP contribution is 2.20. The van der Waals surface area contributed by atoms with Crippen LogP contribution in [0.5, 0.6) is 0 Å². The van der Waals surface area contributed by atoms with Crippen LogP contribution in [0.2, 0.25) is 0 Å². The zero-order valence-corrected chi connectivity index (χ0v) is 17.4. The van der Waals surface area contributed by atoms with Crippen molar-refractivity contribution in [3.05, 3.63) is 0 Å². The van der Waals surface area contributed by atoms with Crippen molar-refractivity contribution in [2.45, 2.75) is 39.7 Å². The number of hydrogen-bond donors (Lipinski definition) is 2. The zero-order chi connectivity index (χ0) is 15.9. The van der Waals surface area contributed by atoms with Gasteiger partial charge in [0.15, 0.2) is 5.96 Å². The summed E-state index contributed by atoms with van der Waals surface area (Å²) >= 11 is 0. The molecule has 0 radical (unpaired) electrons. The summed E-state index contributed by atoms with van der Waals surface area (Å²) in [5.41, 5.74) is -0.185. The number of ether oxygens (including phenoxy) is 1. The van der Waals surface area contributed by atoms with E-state index in [0.717, 1.165) is 37.4 Å². The second-order valence-corrected chi connectivity index (χ2v) is 7.02. The van der Waals surface area contributed by atoms with Gasteiger partial charge in [0, 0.05) is 46.9 Å². The highest BCUT2D eigenvalue weighted by Gasteiger charge is 2.21. The van der Waals surface area contributed by atoms with Crippen molar-refractivity contribution in [3.63, 3.8) is 0 Å². The van der Waals surface area contributed by atoms with E-state index >= 15 is 0 Å². The third kappa shape index (κ3) is 8.53. The number of methoxy groups -OCH3 is 1. The van der Waals surface area contributed by atoms with E-state index in [-0.39, 0.29) is 29.6 Å². The van der Waals surface area contributed by atoms with Crippen molar-refractivity contribution in [2.75, 3.05) is 46.9 Å². The van der Waals surface area contributed by atoms with Gasteiger partial charge in [-0.05, 0) is 32.1 Å². The summed E-state index contributed by atoms with van der Waals surface area (Å²) in [6.07, 6.45) is 1.36. The summed E-state index contributed by atoms with van der Waals surface area (Å²) in [4.78, 5) is 6.81. The van der Waals surface area contributed by atoms with Gasteiger partial charge >= 0.3 is 0 Å². The van der Waals surface area contributed by atoms with Crippen LogP contribution in [-0.2, 0) is 4.74 Å². The van der Waals surface area contributed by atoms with Gasteiger partial charge in [0.1, 0.15) is 0 Å². The Balaban J connectivity index is 0.00000441. The Morgan fingerprint density at radius 1 is 1.23 bits per heavy atom. The Morgan fingerprint density at radius 2 is 1.82 bits per heavy atom. The van der Waals surface area contributed by atoms with Gasteiger partial charge in [-0.3, -0.25) is 4.99 Å². The summed E-state index contributed by atoms with van der Waals surface area (Å²) in [5.74, 6) is 2.47. The molecule has 0 aromatic rings. The fourth-order valence-electron chi connectivity index (χ4n) is 2.90. The van der Waals surface area contributed by atoms with Gasteiger partial charge in [-0.2, -0.15) is 0 Å². The quantitative estimate of drug-likeness (QED) is 0.389. The summed E-state index contributed by atoms with van der Waals surface area (Å²) in [6.45, 7) is 14.0. The van der Waals surface area contributed by atoms with Gasteiger partial charge in [-0.25, -0.2) is 0 Å². The van der Waals surface area contributed by atoms with Gasteiger partial charge in [-0.15, -0.1) is 24.0 Å². The molecule has 0 amide bonds. The van der Waals surface area contributed by atoms with E-state index in [0.29, 0.717) is 0 Å². The first-order valence-corrected chi connectivity index (χ1v) is 8.08.